The lowest BCUT2D eigenvalue weighted by Crippen LogP contribution is -2.42. The average Bonchev–Trinajstić information content (AvgIpc) is 2.43. The first-order chi connectivity index (χ1) is 9.87. The van der Waals surface area contributed by atoms with E-state index in [1.807, 2.05) is 6.07 Å². The fourth-order valence-electron chi connectivity index (χ4n) is 1.54. The number of halogens is 3. The van der Waals surface area contributed by atoms with E-state index in [4.69, 9.17) is 15.1 Å². The molecule has 0 aliphatic heterocycles. The lowest BCUT2D eigenvalue weighted by molar-refractivity contribution is -0.163. The van der Waals surface area contributed by atoms with Crippen molar-refractivity contribution in [1.29, 1.82) is 5.26 Å². The van der Waals surface area contributed by atoms with Crippen LogP contribution < -0.4 is 4.74 Å². The van der Waals surface area contributed by atoms with Gasteiger partial charge in [0, 0.05) is 6.54 Å². The molecule has 114 valence electrons. The minimum absolute atomic E-state index is 0.115. The zero-order valence-electron chi connectivity index (χ0n) is 10.9. The van der Waals surface area contributed by atoms with Crippen LogP contribution in [0, 0.1) is 11.3 Å². The van der Waals surface area contributed by atoms with Crippen molar-refractivity contribution in [3.8, 4) is 11.8 Å². The monoisotopic (exact) mass is 302 g/mol. The number of hydrogen-bond donors (Lipinski definition) is 1. The number of nitriles is 1. The molecule has 0 aliphatic rings. The van der Waals surface area contributed by atoms with Crippen LogP contribution in [0.3, 0.4) is 0 Å². The number of aliphatic hydroxyl groups excluding tert-OH is 1. The second-order valence-electron chi connectivity index (χ2n) is 4.05. The molecule has 0 fully saturated rings. The molecular weight excluding hydrogens is 289 g/mol. The lowest BCUT2D eigenvalue weighted by Gasteiger charge is -2.23. The van der Waals surface area contributed by atoms with Crippen molar-refractivity contribution in [3.63, 3.8) is 0 Å². The van der Waals surface area contributed by atoms with Crippen LogP contribution in [0.5, 0.6) is 5.75 Å². The van der Waals surface area contributed by atoms with E-state index in [9.17, 15) is 18.0 Å². The van der Waals surface area contributed by atoms with Gasteiger partial charge in [-0.3, -0.25) is 4.79 Å². The number of rotatable bonds is 6. The maximum Gasteiger partial charge on any atom is 0.406 e. The fraction of sp³-hybridized carbons (Fsp3) is 0.385. The fourth-order valence-corrected chi connectivity index (χ4v) is 1.54. The zero-order chi connectivity index (χ0) is 15.9. The van der Waals surface area contributed by atoms with Gasteiger partial charge in [0.2, 0.25) is 0 Å². The molecule has 0 atom stereocenters. The number of nitrogens with zero attached hydrogens (tertiary/aromatic N) is 2. The van der Waals surface area contributed by atoms with E-state index in [0.717, 1.165) is 0 Å². The van der Waals surface area contributed by atoms with Crippen LogP contribution in [-0.2, 0) is 4.79 Å². The molecular formula is C13H13F3N2O3. The summed E-state index contributed by atoms with van der Waals surface area (Å²) in [4.78, 5) is 12.1. The van der Waals surface area contributed by atoms with E-state index >= 15 is 0 Å². The molecule has 1 N–H and O–H groups in total. The number of benzene rings is 1. The minimum atomic E-state index is -4.56. The Kier molecular flexibility index (Phi) is 5.99. The quantitative estimate of drug-likeness (QED) is 0.860. The van der Waals surface area contributed by atoms with Gasteiger partial charge < -0.3 is 14.7 Å². The highest BCUT2D eigenvalue weighted by molar-refractivity contribution is 5.78. The average molecular weight is 302 g/mol. The van der Waals surface area contributed by atoms with Crippen molar-refractivity contribution in [1.82, 2.24) is 4.90 Å². The lowest BCUT2D eigenvalue weighted by atomic mass is 10.2. The summed E-state index contributed by atoms with van der Waals surface area (Å²) < 4.78 is 42.0. The molecule has 0 saturated carbocycles. The Balaban J connectivity index is 2.67. The Morgan fingerprint density at radius 2 is 2.05 bits per heavy atom. The van der Waals surface area contributed by atoms with Crippen molar-refractivity contribution in [3.05, 3.63) is 29.8 Å². The van der Waals surface area contributed by atoms with E-state index in [2.05, 4.69) is 0 Å². The van der Waals surface area contributed by atoms with Crippen LogP contribution in [0.25, 0.3) is 0 Å². The number of alkyl halides is 3. The van der Waals surface area contributed by atoms with E-state index < -0.39 is 38.4 Å². The first-order valence-electron chi connectivity index (χ1n) is 5.94. The van der Waals surface area contributed by atoms with Crippen molar-refractivity contribution < 1.29 is 27.8 Å². The van der Waals surface area contributed by atoms with Gasteiger partial charge in [-0.1, -0.05) is 12.1 Å². The third kappa shape index (κ3) is 5.71. The molecule has 1 aromatic rings. The molecule has 1 aromatic carbocycles. The van der Waals surface area contributed by atoms with Gasteiger partial charge in [0.25, 0.3) is 5.91 Å². The molecule has 5 nitrogen and oxygen atoms in total. The molecule has 0 spiro atoms. The molecule has 0 unspecified atom stereocenters. The van der Waals surface area contributed by atoms with Crippen LogP contribution in [0.15, 0.2) is 24.3 Å². The van der Waals surface area contributed by atoms with E-state index in [1.165, 1.54) is 12.1 Å². The van der Waals surface area contributed by atoms with Crippen molar-refractivity contribution in [2.24, 2.45) is 0 Å². The smallest absolute Gasteiger partial charge is 0.406 e. The maximum absolute atomic E-state index is 12.3. The summed E-state index contributed by atoms with van der Waals surface area (Å²) in [5.41, 5.74) is 0.176. The summed E-state index contributed by atoms with van der Waals surface area (Å²) in [6.45, 7) is -3.14. The van der Waals surface area contributed by atoms with Gasteiger partial charge in [-0.2, -0.15) is 18.4 Å². The summed E-state index contributed by atoms with van der Waals surface area (Å²) in [6.07, 6.45) is -4.56. The second kappa shape index (κ2) is 7.50. The molecule has 0 saturated heterocycles. The third-order valence-electron chi connectivity index (χ3n) is 2.45. The summed E-state index contributed by atoms with van der Waals surface area (Å²) in [7, 11) is 0. The number of carbonyl (C=O) groups is 1. The Labute approximate surface area is 119 Å². The normalized spacial score (nSPS) is 10.8. The van der Waals surface area contributed by atoms with Crippen LogP contribution in [-0.4, -0.2) is 48.4 Å². The Morgan fingerprint density at radius 3 is 2.62 bits per heavy atom. The largest absolute Gasteiger partial charge is 0.482 e. The van der Waals surface area contributed by atoms with E-state index in [0.29, 0.717) is 4.90 Å². The second-order valence-corrected chi connectivity index (χ2v) is 4.05. The Morgan fingerprint density at radius 1 is 1.38 bits per heavy atom. The molecule has 8 heteroatoms. The van der Waals surface area contributed by atoms with Gasteiger partial charge in [0.05, 0.1) is 12.2 Å². The predicted molar refractivity (Wildman–Crippen MR) is 66.4 cm³/mol. The van der Waals surface area contributed by atoms with Crippen molar-refractivity contribution in [2.45, 2.75) is 6.18 Å². The first kappa shape index (κ1) is 16.8. The molecule has 1 amide bonds. The predicted octanol–water partition coefficient (Wildman–Crippen LogP) is 1.32. The molecule has 1 rings (SSSR count). The molecule has 0 radical (unpaired) electrons. The highest BCUT2D eigenvalue weighted by atomic mass is 19.4. The van der Waals surface area contributed by atoms with Crippen molar-refractivity contribution in [2.75, 3.05) is 26.3 Å². The third-order valence-corrected chi connectivity index (χ3v) is 2.45. The Hall–Kier alpha value is -2.27. The van der Waals surface area contributed by atoms with Gasteiger partial charge in [0.15, 0.2) is 6.61 Å². The maximum atomic E-state index is 12.3. The Bertz CT molecular complexity index is 526. The standard InChI is InChI=1S/C13H13F3N2O3/c14-13(15,16)9-18(5-6-19)12(20)8-21-11-4-2-1-3-10(11)7-17/h1-4,19H,5-6,8-9H2. The van der Waals surface area contributed by atoms with Crippen LogP contribution in [0.4, 0.5) is 13.2 Å². The van der Waals surface area contributed by atoms with E-state index in [-0.39, 0.29) is 11.3 Å². The molecule has 0 bridgehead atoms. The number of ether oxygens (including phenoxy) is 1. The molecule has 21 heavy (non-hydrogen) atoms. The summed E-state index contributed by atoms with van der Waals surface area (Å²) in [6, 6.07) is 7.90. The SMILES string of the molecule is N#Cc1ccccc1OCC(=O)N(CCO)CC(F)(F)F. The number of hydrogen-bond acceptors (Lipinski definition) is 4. The van der Waals surface area contributed by atoms with Gasteiger partial charge in [0.1, 0.15) is 18.4 Å². The van der Waals surface area contributed by atoms with Crippen LogP contribution in [0.2, 0.25) is 0 Å². The van der Waals surface area contributed by atoms with Gasteiger partial charge >= 0.3 is 6.18 Å². The molecule has 0 heterocycles. The topological polar surface area (TPSA) is 73.6 Å². The van der Waals surface area contributed by atoms with E-state index in [1.54, 1.807) is 12.1 Å². The molecule has 0 aliphatic carbocycles. The minimum Gasteiger partial charge on any atom is -0.482 e. The molecule has 0 aromatic heterocycles. The highest BCUT2D eigenvalue weighted by Crippen LogP contribution is 2.18. The van der Waals surface area contributed by atoms with Gasteiger partial charge in [-0.25, -0.2) is 0 Å². The van der Waals surface area contributed by atoms with Gasteiger partial charge in [-0.05, 0) is 12.1 Å². The number of carbonyl (C=O) groups excluding carboxylic acids is 1. The van der Waals surface area contributed by atoms with Crippen LogP contribution in [0.1, 0.15) is 5.56 Å². The summed E-state index contributed by atoms with van der Waals surface area (Å²) >= 11 is 0. The highest BCUT2D eigenvalue weighted by Gasteiger charge is 2.32. The van der Waals surface area contributed by atoms with Crippen molar-refractivity contribution >= 4 is 5.91 Å². The summed E-state index contributed by atoms with van der Waals surface area (Å²) in [5, 5.41) is 17.5. The number of para-hydroxylation sites is 1. The first-order valence-corrected chi connectivity index (χ1v) is 5.94. The zero-order valence-corrected chi connectivity index (χ0v) is 10.9. The van der Waals surface area contributed by atoms with Crippen LogP contribution >= 0.6 is 0 Å². The van der Waals surface area contributed by atoms with Gasteiger partial charge in [-0.15, -0.1) is 0 Å². The number of amides is 1. The summed E-state index contributed by atoms with van der Waals surface area (Å²) in [5.74, 6) is -0.807. The number of aliphatic hydroxyl groups is 1.